The zero-order valence-electron chi connectivity index (χ0n) is 9.65. The van der Waals surface area contributed by atoms with Crippen molar-refractivity contribution in [1.82, 2.24) is 10.3 Å². The van der Waals surface area contributed by atoms with Crippen LogP contribution in [0, 0.1) is 0 Å². The molecule has 0 aliphatic carbocycles. The number of nitrogens with zero attached hydrogens (tertiary/aromatic N) is 2. The fourth-order valence-electron chi connectivity index (χ4n) is 1.65. The van der Waals surface area contributed by atoms with Gasteiger partial charge in [0.25, 0.3) is 0 Å². The van der Waals surface area contributed by atoms with Crippen LogP contribution in [-0.4, -0.2) is 41.3 Å². The molecule has 0 spiro atoms. The highest BCUT2D eigenvalue weighted by Gasteiger charge is 2.40. The number of hydrogen-bond donors (Lipinski definition) is 2. The smallest absolute Gasteiger partial charge is 0.382 e. The summed E-state index contributed by atoms with van der Waals surface area (Å²) in [6.07, 6.45) is -7.06. The van der Waals surface area contributed by atoms with Crippen LogP contribution in [0.1, 0.15) is 5.56 Å². The Morgan fingerprint density at radius 2 is 2.00 bits per heavy atom. The molecular weight excluding hydrogens is 283 g/mol. The Kier molecular flexibility index (Phi) is 3.86. The van der Waals surface area contributed by atoms with Gasteiger partial charge in [0.1, 0.15) is 6.67 Å². The second-order valence-corrected chi connectivity index (χ2v) is 4.47. The van der Waals surface area contributed by atoms with E-state index in [2.05, 4.69) is 10.5 Å². The Hall–Kier alpha value is -1.47. The fourth-order valence-corrected chi connectivity index (χ4v) is 1.78. The van der Waals surface area contributed by atoms with Gasteiger partial charge in [-0.1, -0.05) is 11.6 Å². The van der Waals surface area contributed by atoms with Crippen LogP contribution in [0.25, 0.3) is 0 Å². The maximum atomic E-state index is 12.3. The molecule has 0 amide bonds. The lowest BCUT2D eigenvalue weighted by molar-refractivity contribution is -0.205. The van der Waals surface area contributed by atoms with E-state index in [-0.39, 0.29) is 6.67 Å². The fraction of sp³-hybridized carbons (Fsp3) is 0.364. The Morgan fingerprint density at radius 3 is 2.58 bits per heavy atom. The molecule has 0 radical (unpaired) electrons. The molecule has 0 fully saturated rings. The van der Waals surface area contributed by atoms with E-state index >= 15 is 0 Å². The monoisotopic (exact) mass is 293 g/mol. The maximum absolute atomic E-state index is 12.3. The highest BCUT2D eigenvalue weighted by molar-refractivity contribution is 6.30. The quantitative estimate of drug-likeness (QED) is 0.893. The summed E-state index contributed by atoms with van der Waals surface area (Å²) < 4.78 is 37.0. The van der Waals surface area contributed by atoms with Crippen LogP contribution in [0.3, 0.4) is 0 Å². The first-order chi connectivity index (χ1) is 8.88. The molecule has 1 atom stereocenters. The topological polar surface area (TPSA) is 47.9 Å². The molecular formula is C11H11ClF3N3O. The summed E-state index contributed by atoms with van der Waals surface area (Å²) in [6.45, 7) is -0.455. The van der Waals surface area contributed by atoms with Crippen molar-refractivity contribution >= 4 is 17.4 Å². The largest absolute Gasteiger partial charge is 0.416 e. The molecule has 2 N–H and O–H groups in total. The van der Waals surface area contributed by atoms with Gasteiger partial charge in [-0.15, -0.1) is 0 Å². The summed E-state index contributed by atoms with van der Waals surface area (Å²) in [7, 11) is 0. The van der Waals surface area contributed by atoms with Crippen molar-refractivity contribution in [3.8, 4) is 0 Å². The second kappa shape index (κ2) is 5.26. The SMILES string of the molecule is OC(CN1CNN=C1c1ccc(Cl)cc1)C(F)(F)F. The minimum Gasteiger partial charge on any atom is -0.382 e. The number of halogens is 4. The highest BCUT2D eigenvalue weighted by atomic mass is 35.5. The number of alkyl halides is 3. The van der Waals surface area contributed by atoms with Crippen molar-refractivity contribution < 1.29 is 18.3 Å². The minimum atomic E-state index is -4.65. The van der Waals surface area contributed by atoms with E-state index in [1.54, 1.807) is 24.3 Å². The van der Waals surface area contributed by atoms with E-state index in [0.29, 0.717) is 16.4 Å². The molecule has 4 nitrogen and oxygen atoms in total. The predicted octanol–water partition coefficient (Wildman–Crippen LogP) is 1.79. The number of hydrazone groups is 1. The second-order valence-electron chi connectivity index (χ2n) is 4.04. The van der Waals surface area contributed by atoms with Crippen LogP contribution in [0.4, 0.5) is 13.2 Å². The summed E-state index contributed by atoms with van der Waals surface area (Å²) in [5.74, 6) is 0.347. The predicted molar refractivity (Wildman–Crippen MR) is 64.8 cm³/mol. The third kappa shape index (κ3) is 3.30. The standard InChI is InChI=1S/C11H11ClF3N3O/c12-8-3-1-7(2-4-8)10-17-16-6-18(10)5-9(19)11(13,14)15/h1-4,9,16,19H,5-6H2. The normalized spacial score (nSPS) is 17.1. The van der Waals surface area contributed by atoms with Crippen molar-refractivity contribution in [2.24, 2.45) is 5.10 Å². The summed E-state index contributed by atoms with van der Waals surface area (Å²) in [4.78, 5) is 1.32. The summed E-state index contributed by atoms with van der Waals surface area (Å²) in [5.41, 5.74) is 3.22. The third-order valence-electron chi connectivity index (χ3n) is 2.62. The molecule has 8 heteroatoms. The van der Waals surface area contributed by atoms with E-state index in [0.717, 1.165) is 0 Å². The molecule has 1 aromatic rings. The molecule has 1 heterocycles. The van der Waals surface area contributed by atoms with Gasteiger partial charge in [0.05, 0.1) is 6.54 Å². The first kappa shape index (κ1) is 14.0. The first-order valence-electron chi connectivity index (χ1n) is 5.44. The van der Waals surface area contributed by atoms with E-state index in [1.807, 2.05) is 0 Å². The maximum Gasteiger partial charge on any atom is 0.416 e. The van der Waals surface area contributed by atoms with Gasteiger partial charge < -0.3 is 10.0 Å². The first-order valence-corrected chi connectivity index (χ1v) is 5.82. The zero-order chi connectivity index (χ0) is 14.0. The molecule has 19 heavy (non-hydrogen) atoms. The summed E-state index contributed by atoms with van der Waals surface area (Å²) in [5, 5.41) is 13.5. The number of aliphatic hydroxyl groups excluding tert-OH is 1. The van der Waals surface area contributed by atoms with E-state index in [9.17, 15) is 13.2 Å². The molecule has 2 rings (SSSR count). The lowest BCUT2D eigenvalue weighted by Gasteiger charge is -2.23. The van der Waals surface area contributed by atoms with E-state index in [1.165, 1.54) is 4.90 Å². The summed E-state index contributed by atoms with van der Waals surface area (Å²) in [6, 6.07) is 6.55. The number of nitrogens with one attached hydrogen (secondary N) is 1. The van der Waals surface area contributed by atoms with Crippen LogP contribution in [-0.2, 0) is 0 Å². The highest BCUT2D eigenvalue weighted by Crippen LogP contribution is 2.22. The van der Waals surface area contributed by atoms with Crippen molar-refractivity contribution in [2.45, 2.75) is 12.3 Å². The van der Waals surface area contributed by atoms with Gasteiger partial charge in [-0.25, -0.2) is 0 Å². The third-order valence-corrected chi connectivity index (χ3v) is 2.87. The van der Waals surface area contributed by atoms with Crippen LogP contribution >= 0.6 is 11.6 Å². The van der Waals surface area contributed by atoms with Crippen molar-refractivity contribution in [3.63, 3.8) is 0 Å². The molecule has 0 aromatic heterocycles. The molecule has 0 saturated carbocycles. The Labute approximate surface area is 112 Å². The van der Waals surface area contributed by atoms with Crippen molar-refractivity contribution in [2.75, 3.05) is 13.2 Å². The van der Waals surface area contributed by atoms with Gasteiger partial charge in [0.2, 0.25) is 0 Å². The van der Waals surface area contributed by atoms with Crippen LogP contribution in [0.2, 0.25) is 5.02 Å². The van der Waals surface area contributed by atoms with Gasteiger partial charge in [-0.2, -0.15) is 18.3 Å². The molecule has 104 valence electrons. The Bertz CT molecular complexity index is 475. The number of β-amino-alcohol motifs (C(OH)–C–C–N with tert-alkyl or cyclic N) is 1. The van der Waals surface area contributed by atoms with Gasteiger partial charge in [0.15, 0.2) is 11.9 Å². The number of aliphatic hydroxyl groups is 1. The number of amidine groups is 1. The van der Waals surface area contributed by atoms with Crippen molar-refractivity contribution in [3.05, 3.63) is 34.9 Å². The number of hydrogen-bond acceptors (Lipinski definition) is 4. The zero-order valence-corrected chi connectivity index (χ0v) is 10.4. The van der Waals surface area contributed by atoms with Gasteiger partial charge in [-0.3, -0.25) is 5.43 Å². The van der Waals surface area contributed by atoms with Crippen molar-refractivity contribution in [1.29, 1.82) is 0 Å². The number of benzene rings is 1. The molecule has 1 aliphatic rings. The number of rotatable bonds is 3. The van der Waals surface area contributed by atoms with Gasteiger partial charge in [0, 0.05) is 10.6 Å². The molecule has 1 aromatic carbocycles. The Morgan fingerprint density at radius 1 is 1.37 bits per heavy atom. The minimum absolute atomic E-state index is 0.116. The van der Waals surface area contributed by atoms with Gasteiger partial charge in [-0.05, 0) is 24.3 Å². The summed E-state index contributed by atoms with van der Waals surface area (Å²) >= 11 is 5.74. The lowest BCUT2D eigenvalue weighted by Crippen LogP contribution is -2.43. The van der Waals surface area contributed by atoms with E-state index in [4.69, 9.17) is 16.7 Å². The van der Waals surface area contributed by atoms with Gasteiger partial charge >= 0.3 is 6.18 Å². The molecule has 1 unspecified atom stereocenters. The van der Waals surface area contributed by atoms with Crippen LogP contribution in [0.15, 0.2) is 29.4 Å². The molecule has 0 bridgehead atoms. The Balaban J connectivity index is 2.11. The van der Waals surface area contributed by atoms with Crippen LogP contribution in [0.5, 0.6) is 0 Å². The van der Waals surface area contributed by atoms with Crippen LogP contribution < -0.4 is 5.43 Å². The van der Waals surface area contributed by atoms with E-state index < -0.39 is 18.8 Å². The average Bonchev–Trinajstić information content (AvgIpc) is 2.77. The molecule has 1 aliphatic heterocycles. The lowest BCUT2D eigenvalue weighted by atomic mass is 10.2. The molecule has 0 saturated heterocycles. The average molecular weight is 294 g/mol.